The Balaban J connectivity index is 3.49. The van der Waals surface area contributed by atoms with Crippen LogP contribution in [-0.4, -0.2) is 40.0 Å². The van der Waals surface area contributed by atoms with Gasteiger partial charge in [0.1, 0.15) is 0 Å². The molecular formula is C4H7NO5. The molecule has 1 amide bonds. The lowest BCUT2D eigenvalue weighted by molar-refractivity contribution is -0.146. The van der Waals surface area contributed by atoms with Gasteiger partial charge in [-0.1, -0.05) is 0 Å². The maximum Gasteiger partial charge on any atom is 0.404 e. The van der Waals surface area contributed by atoms with Gasteiger partial charge in [0, 0.05) is 0 Å². The number of aliphatic hydroxyl groups excluding tert-OH is 1. The first kappa shape index (κ1) is 8.70. The van der Waals surface area contributed by atoms with Crippen LogP contribution in [0.2, 0.25) is 0 Å². The van der Waals surface area contributed by atoms with Crippen LogP contribution in [-0.2, 0) is 4.79 Å². The van der Waals surface area contributed by atoms with Gasteiger partial charge >= 0.3 is 12.1 Å². The van der Waals surface area contributed by atoms with E-state index >= 15 is 0 Å². The number of carboxylic acid groups (broad SMARTS) is 2. The van der Waals surface area contributed by atoms with Crippen molar-refractivity contribution in [3.05, 3.63) is 0 Å². The third-order valence-electron chi connectivity index (χ3n) is 0.732. The maximum atomic E-state index is 9.83. The third kappa shape index (κ3) is 3.67. The van der Waals surface area contributed by atoms with Crippen LogP contribution in [0.3, 0.4) is 0 Å². The fraction of sp³-hybridized carbons (Fsp3) is 0.500. The minimum atomic E-state index is -1.67. The lowest BCUT2D eigenvalue weighted by Crippen LogP contribution is -2.35. The number of amides is 1. The van der Waals surface area contributed by atoms with Gasteiger partial charge in [0.15, 0.2) is 6.10 Å². The minimum absolute atomic E-state index is 0.495. The summed E-state index contributed by atoms with van der Waals surface area (Å²) >= 11 is 0. The third-order valence-corrected chi connectivity index (χ3v) is 0.732. The van der Waals surface area contributed by atoms with Crippen molar-refractivity contribution in [2.24, 2.45) is 0 Å². The molecule has 1 atom stereocenters. The molecule has 0 aromatic carbocycles. The molecule has 58 valence electrons. The Kier molecular flexibility index (Phi) is 3.20. The van der Waals surface area contributed by atoms with Crippen LogP contribution in [0.25, 0.3) is 0 Å². The molecule has 1 unspecified atom stereocenters. The number of rotatable bonds is 3. The number of hydrogen-bond acceptors (Lipinski definition) is 3. The van der Waals surface area contributed by atoms with E-state index < -0.39 is 24.7 Å². The second-order valence-corrected chi connectivity index (χ2v) is 1.54. The highest BCUT2D eigenvalue weighted by Gasteiger charge is 2.12. The molecule has 0 aliphatic rings. The molecule has 0 radical (unpaired) electrons. The zero-order valence-corrected chi connectivity index (χ0v) is 4.94. The number of aliphatic hydroxyl groups is 1. The van der Waals surface area contributed by atoms with Gasteiger partial charge in [-0.2, -0.15) is 0 Å². The summed E-state index contributed by atoms with van der Waals surface area (Å²) < 4.78 is 0. The van der Waals surface area contributed by atoms with E-state index in [-0.39, 0.29) is 0 Å². The largest absolute Gasteiger partial charge is 0.479 e. The van der Waals surface area contributed by atoms with E-state index in [0.717, 1.165) is 0 Å². The molecule has 0 aliphatic heterocycles. The second kappa shape index (κ2) is 3.67. The van der Waals surface area contributed by atoms with Crippen molar-refractivity contribution in [3.63, 3.8) is 0 Å². The van der Waals surface area contributed by atoms with Crippen molar-refractivity contribution in [1.82, 2.24) is 5.32 Å². The van der Waals surface area contributed by atoms with Crippen LogP contribution < -0.4 is 5.32 Å². The van der Waals surface area contributed by atoms with E-state index in [9.17, 15) is 9.59 Å². The van der Waals surface area contributed by atoms with Crippen LogP contribution in [0.4, 0.5) is 4.79 Å². The van der Waals surface area contributed by atoms with Crippen molar-refractivity contribution in [2.45, 2.75) is 6.10 Å². The summed E-state index contributed by atoms with van der Waals surface area (Å²) in [6, 6.07) is 0. The van der Waals surface area contributed by atoms with Crippen LogP contribution in [0, 0.1) is 0 Å². The van der Waals surface area contributed by atoms with Gasteiger partial charge in [-0.3, -0.25) is 0 Å². The van der Waals surface area contributed by atoms with E-state index in [1.165, 1.54) is 0 Å². The Morgan fingerprint density at radius 3 is 2.20 bits per heavy atom. The standard InChI is InChI=1S/C4H7NO5/c6-2(3(7)8)1-5-4(9)10/h2,5-6H,1H2,(H,7,8)(H,9,10). The first-order valence-electron chi connectivity index (χ1n) is 2.41. The van der Waals surface area contributed by atoms with Crippen LogP contribution in [0.1, 0.15) is 0 Å². The molecule has 4 N–H and O–H groups in total. The maximum absolute atomic E-state index is 9.83. The summed E-state index contributed by atoms with van der Waals surface area (Å²) in [5.74, 6) is -1.45. The summed E-state index contributed by atoms with van der Waals surface area (Å²) in [4.78, 5) is 19.5. The van der Waals surface area contributed by atoms with Gasteiger partial charge < -0.3 is 20.6 Å². The summed E-state index contributed by atoms with van der Waals surface area (Å²) in [6.45, 7) is -0.495. The Morgan fingerprint density at radius 1 is 1.40 bits per heavy atom. The van der Waals surface area contributed by atoms with Crippen molar-refractivity contribution in [2.75, 3.05) is 6.54 Å². The van der Waals surface area contributed by atoms with E-state index in [0.29, 0.717) is 0 Å². The molecule has 6 heteroatoms. The smallest absolute Gasteiger partial charge is 0.404 e. The summed E-state index contributed by atoms with van der Waals surface area (Å²) in [7, 11) is 0. The van der Waals surface area contributed by atoms with E-state index in [4.69, 9.17) is 15.3 Å². The number of aliphatic carboxylic acids is 1. The van der Waals surface area contributed by atoms with Crippen molar-refractivity contribution in [1.29, 1.82) is 0 Å². The van der Waals surface area contributed by atoms with Gasteiger partial charge in [0.25, 0.3) is 0 Å². The molecule has 0 aromatic rings. The van der Waals surface area contributed by atoms with E-state index in [2.05, 4.69) is 0 Å². The quantitative estimate of drug-likeness (QED) is 0.399. The molecular weight excluding hydrogens is 142 g/mol. The molecule has 0 aromatic heterocycles. The minimum Gasteiger partial charge on any atom is -0.479 e. The molecule has 0 bridgehead atoms. The molecule has 0 rings (SSSR count). The molecule has 0 saturated heterocycles. The Hall–Kier alpha value is -1.30. The van der Waals surface area contributed by atoms with Gasteiger partial charge in [-0.05, 0) is 0 Å². The summed E-state index contributed by atoms with van der Waals surface area (Å²) in [5, 5.41) is 26.1. The number of hydrogen-bond donors (Lipinski definition) is 4. The Labute approximate surface area is 56.1 Å². The molecule has 0 heterocycles. The fourth-order valence-electron chi connectivity index (χ4n) is 0.271. The number of carbonyl (C=O) groups is 2. The summed E-state index contributed by atoms with van der Waals surface area (Å²) in [5.41, 5.74) is 0. The van der Waals surface area contributed by atoms with Crippen LogP contribution in [0.5, 0.6) is 0 Å². The fourth-order valence-corrected chi connectivity index (χ4v) is 0.271. The topological polar surface area (TPSA) is 107 Å². The predicted molar refractivity (Wildman–Crippen MR) is 29.7 cm³/mol. The Morgan fingerprint density at radius 2 is 1.90 bits per heavy atom. The second-order valence-electron chi connectivity index (χ2n) is 1.54. The highest BCUT2D eigenvalue weighted by Crippen LogP contribution is 1.78. The lowest BCUT2D eigenvalue weighted by Gasteiger charge is -2.02. The molecule has 10 heavy (non-hydrogen) atoms. The molecule has 0 saturated carbocycles. The van der Waals surface area contributed by atoms with Crippen LogP contribution in [0.15, 0.2) is 0 Å². The lowest BCUT2D eigenvalue weighted by atomic mass is 10.4. The molecule has 0 fully saturated rings. The highest BCUT2D eigenvalue weighted by atomic mass is 16.4. The van der Waals surface area contributed by atoms with E-state index in [1.54, 1.807) is 5.32 Å². The van der Waals surface area contributed by atoms with Crippen LogP contribution >= 0.6 is 0 Å². The predicted octanol–water partition coefficient (Wildman–Crippen LogP) is -1.30. The van der Waals surface area contributed by atoms with Crippen molar-refractivity contribution < 1.29 is 24.9 Å². The molecule has 6 nitrogen and oxygen atoms in total. The monoisotopic (exact) mass is 149 g/mol. The van der Waals surface area contributed by atoms with Gasteiger partial charge in [0.05, 0.1) is 6.54 Å². The van der Waals surface area contributed by atoms with Crippen molar-refractivity contribution in [3.8, 4) is 0 Å². The average Bonchev–Trinajstić information content (AvgIpc) is 1.82. The van der Waals surface area contributed by atoms with Gasteiger partial charge in [-0.25, -0.2) is 9.59 Å². The van der Waals surface area contributed by atoms with Gasteiger partial charge in [-0.15, -0.1) is 0 Å². The first-order valence-corrected chi connectivity index (χ1v) is 2.41. The molecule has 0 aliphatic carbocycles. The van der Waals surface area contributed by atoms with E-state index in [1.807, 2.05) is 0 Å². The first-order chi connectivity index (χ1) is 4.54. The normalized spacial score (nSPS) is 12.1. The summed E-state index contributed by atoms with van der Waals surface area (Å²) in [6.07, 6.45) is -3.03. The SMILES string of the molecule is O=C(O)NCC(O)C(=O)O. The molecule has 0 spiro atoms. The number of carboxylic acids is 1. The number of nitrogens with one attached hydrogen (secondary N) is 1. The Bertz CT molecular complexity index is 145. The zero-order chi connectivity index (χ0) is 8.15. The van der Waals surface area contributed by atoms with Crippen molar-refractivity contribution >= 4 is 12.1 Å². The van der Waals surface area contributed by atoms with Gasteiger partial charge in [0.2, 0.25) is 0 Å². The average molecular weight is 149 g/mol. The zero-order valence-electron chi connectivity index (χ0n) is 4.94. The highest BCUT2D eigenvalue weighted by molar-refractivity contribution is 5.73.